The predicted molar refractivity (Wildman–Crippen MR) is 133 cm³/mol. The molecule has 1 heterocycles. The first kappa shape index (κ1) is 22.4. The highest BCUT2D eigenvalue weighted by Crippen LogP contribution is 2.64. The van der Waals surface area contributed by atoms with Gasteiger partial charge in [0.15, 0.2) is 5.78 Å². The number of rotatable bonds is 5. The number of carbonyl (C=O) groups is 4. The first-order valence-corrected chi connectivity index (χ1v) is 12.2. The number of carbonyl (C=O) groups excluding carboxylic acids is 4. The number of imide groups is 1. The minimum Gasteiger partial charge on any atom is -0.492 e. The van der Waals surface area contributed by atoms with Crippen LogP contribution in [0.4, 0.5) is 5.69 Å². The van der Waals surface area contributed by atoms with Crippen LogP contribution in [0.5, 0.6) is 5.75 Å². The van der Waals surface area contributed by atoms with Gasteiger partial charge < -0.3 is 4.74 Å². The number of amides is 2. The van der Waals surface area contributed by atoms with Gasteiger partial charge in [-0.05, 0) is 61.2 Å². The number of ketones is 2. The molecule has 7 rings (SSSR count). The van der Waals surface area contributed by atoms with Crippen LogP contribution in [0.15, 0.2) is 66.7 Å². The summed E-state index contributed by atoms with van der Waals surface area (Å²) in [7, 11) is 0. The average molecular weight is 480 g/mol. The molecular weight excluding hydrogens is 454 g/mol. The quantitative estimate of drug-likeness (QED) is 0.400. The Bertz CT molecular complexity index is 1440. The molecule has 2 bridgehead atoms. The number of benzene rings is 3. The monoisotopic (exact) mass is 479 g/mol. The molecule has 36 heavy (non-hydrogen) atoms. The molecule has 0 aromatic heterocycles. The third kappa shape index (κ3) is 2.61. The fourth-order valence-corrected chi connectivity index (χ4v) is 6.80. The topological polar surface area (TPSA) is 80.8 Å². The molecule has 2 atom stereocenters. The zero-order chi connectivity index (χ0) is 25.4. The van der Waals surface area contributed by atoms with Gasteiger partial charge in [0.1, 0.15) is 11.5 Å². The van der Waals surface area contributed by atoms with E-state index < -0.39 is 23.2 Å². The van der Waals surface area contributed by atoms with Gasteiger partial charge >= 0.3 is 0 Å². The molecule has 0 spiro atoms. The van der Waals surface area contributed by atoms with Gasteiger partial charge in [-0.3, -0.25) is 19.2 Å². The van der Waals surface area contributed by atoms with Gasteiger partial charge in [0, 0.05) is 11.5 Å². The van der Waals surface area contributed by atoms with Gasteiger partial charge in [-0.1, -0.05) is 48.5 Å². The van der Waals surface area contributed by atoms with E-state index in [-0.39, 0.29) is 29.1 Å². The Balaban J connectivity index is 1.63. The lowest BCUT2D eigenvalue weighted by Crippen LogP contribution is -2.57. The lowest BCUT2D eigenvalue weighted by atomic mass is 9.46. The maximum absolute atomic E-state index is 14.3. The van der Waals surface area contributed by atoms with E-state index >= 15 is 0 Å². The summed E-state index contributed by atoms with van der Waals surface area (Å²) >= 11 is 0. The molecule has 180 valence electrons. The predicted octanol–water partition coefficient (Wildman–Crippen LogP) is 4.43. The molecule has 1 fully saturated rings. The van der Waals surface area contributed by atoms with Gasteiger partial charge in [0.2, 0.25) is 11.8 Å². The molecule has 0 unspecified atom stereocenters. The first-order valence-electron chi connectivity index (χ1n) is 12.2. The van der Waals surface area contributed by atoms with E-state index in [0.717, 1.165) is 27.2 Å². The molecule has 6 heteroatoms. The van der Waals surface area contributed by atoms with Crippen molar-refractivity contribution in [2.45, 2.75) is 32.1 Å². The highest BCUT2D eigenvalue weighted by atomic mass is 16.5. The molecule has 0 saturated carbocycles. The zero-order valence-electron chi connectivity index (χ0n) is 20.3. The van der Waals surface area contributed by atoms with Crippen LogP contribution in [-0.2, 0) is 19.8 Å². The molecular formula is C30H25NO5. The van der Waals surface area contributed by atoms with Gasteiger partial charge in [-0.2, -0.15) is 0 Å². The Morgan fingerprint density at radius 1 is 0.889 bits per heavy atom. The van der Waals surface area contributed by atoms with Crippen molar-refractivity contribution in [2.24, 2.45) is 11.8 Å². The molecule has 6 nitrogen and oxygen atoms in total. The molecule has 1 saturated heterocycles. The van der Waals surface area contributed by atoms with Crippen molar-refractivity contribution in [2.75, 3.05) is 11.5 Å². The van der Waals surface area contributed by atoms with Crippen molar-refractivity contribution in [3.05, 3.63) is 94.5 Å². The van der Waals surface area contributed by atoms with E-state index in [1.54, 1.807) is 18.2 Å². The normalized spacial score (nSPS) is 25.3. The number of hydrogen-bond donors (Lipinski definition) is 0. The van der Waals surface area contributed by atoms with Crippen molar-refractivity contribution in [3.63, 3.8) is 0 Å². The number of ether oxygens (including phenoxy) is 1. The Labute approximate surface area is 208 Å². The largest absolute Gasteiger partial charge is 0.492 e. The third-order valence-corrected chi connectivity index (χ3v) is 8.08. The van der Waals surface area contributed by atoms with Crippen molar-refractivity contribution in [3.8, 4) is 5.75 Å². The van der Waals surface area contributed by atoms with Crippen molar-refractivity contribution >= 4 is 29.1 Å². The van der Waals surface area contributed by atoms with Crippen molar-refractivity contribution in [1.82, 2.24) is 0 Å². The van der Waals surface area contributed by atoms with Gasteiger partial charge in [-0.25, -0.2) is 4.90 Å². The van der Waals surface area contributed by atoms with Crippen LogP contribution in [0.2, 0.25) is 0 Å². The van der Waals surface area contributed by atoms with Gasteiger partial charge in [0.25, 0.3) is 0 Å². The number of hydrogen-bond acceptors (Lipinski definition) is 5. The third-order valence-electron chi connectivity index (χ3n) is 8.08. The molecule has 0 radical (unpaired) electrons. The highest BCUT2D eigenvalue weighted by molar-refractivity contribution is 6.26. The number of Topliss-reactive ketones (excluding diaryl/α,β-unsaturated/α-hetero) is 2. The molecule has 3 aromatic carbocycles. The molecule has 3 aromatic rings. The second-order valence-electron chi connectivity index (χ2n) is 9.70. The van der Waals surface area contributed by atoms with E-state index in [0.29, 0.717) is 17.9 Å². The lowest BCUT2D eigenvalue weighted by Gasteiger charge is -2.52. The smallest absolute Gasteiger partial charge is 0.239 e. The molecule has 4 aliphatic rings. The Hall–Kier alpha value is -4.06. The summed E-state index contributed by atoms with van der Waals surface area (Å²) < 4.78 is 5.78. The first-order chi connectivity index (χ1) is 17.3. The fourth-order valence-electron chi connectivity index (χ4n) is 6.80. The van der Waals surface area contributed by atoms with E-state index in [2.05, 4.69) is 0 Å². The van der Waals surface area contributed by atoms with Crippen LogP contribution in [-0.4, -0.2) is 30.0 Å². The van der Waals surface area contributed by atoms with Crippen molar-refractivity contribution in [1.29, 1.82) is 0 Å². The number of anilines is 1. The summed E-state index contributed by atoms with van der Waals surface area (Å²) in [5.41, 5.74) is 2.79. The molecule has 1 aliphatic heterocycles. The van der Waals surface area contributed by atoms with Gasteiger partial charge in [-0.15, -0.1) is 0 Å². The summed E-state index contributed by atoms with van der Waals surface area (Å²) in [5.74, 6) is -2.77. The van der Waals surface area contributed by atoms with E-state index in [1.807, 2.05) is 55.5 Å². The Morgan fingerprint density at radius 2 is 1.50 bits per heavy atom. The van der Waals surface area contributed by atoms with Crippen molar-refractivity contribution < 1.29 is 23.9 Å². The standard InChI is InChI=1S/C30H25NO5/c1-4-36-24-14-13-18(16(2)32)15-23(24)31-28(34)26-25-19-9-5-7-11-21(19)30(17(3)33,27(26)29(31)35)22-12-8-6-10-20(22)25/h5-15,25-27H,4H2,1-3H3/t25?,26-,27+,30?/m1/s1. The second-order valence-corrected chi connectivity index (χ2v) is 9.70. The van der Waals surface area contributed by atoms with Crippen LogP contribution in [0.1, 0.15) is 59.3 Å². The average Bonchev–Trinajstić information content (AvgIpc) is 3.14. The van der Waals surface area contributed by atoms with E-state index in [1.165, 1.54) is 13.8 Å². The Kier molecular flexibility index (Phi) is 4.80. The zero-order valence-corrected chi connectivity index (χ0v) is 20.3. The summed E-state index contributed by atoms with van der Waals surface area (Å²) in [4.78, 5) is 55.6. The summed E-state index contributed by atoms with van der Waals surface area (Å²) in [6.45, 7) is 5.09. The van der Waals surface area contributed by atoms with Crippen LogP contribution in [0.3, 0.4) is 0 Å². The maximum atomic E-state index is 14.3. The second kappa shape index (κ2) is 7.72. The number of nitrogens with zero attached hydrogens (tertiary/aromatic N) is 1. The minimum atomic E-state index is -1.27. The minimum absolute atomic E-state index is 0.166. The molecule has 0 N–H and O–H groups in total. The van der Waals surface area contributed by atoms with E-state index in [9.17, 15) is 19.2 Å². The SMILES string of the molecule is CCOc1ccc(C(C)=O)cc1N1C(=O)[C@@H]2C3c4ccccc4C(C(C)=O)(c4ccccc43)[C@@H]2C1=O. The fraction of sp³-hybridized carbons (Fsp3) is 0.267. The molecule has 2 amide bonds. The van der Waals surface area contributed by atoms with Crippen LogP contribution in [0.25, 0.3) is 0 Å². The highest BCUT2D eigenvalue weighted by Gasteiger charge is 2.70. The van der Waals surface area contributed by atoms with E-state index in [4.69, 9.17) is 4.74 Å². The lowest BCUT2D eigenvalue weighted by molar-refractivity contribution is -0.132. The van der Waals surface area contributed by atoms with Crippen LogP contribution < -0.4 is 9.64 Å². The summed E-state index contributed by atoms with van der Waals surface area (Å²) in [5, 5.41) is 0. The maximum Gasteiger partial charge on any atom is 0.239 e. The summed E-state index contributed by atoms with van der Waals surface area (Å²) in [6, 6.07) is 20.1. The Morgan fingerprint density at radius 3 is 2.06 bits per heavy atom. The van der Waals surface area contributed by atoms with Crippen LogP contribution >= 0.6 is 0 Å². The summed E-state index contributed by atoms with van der Waals surface area (Å²) in [6.07, 6.45) is 0. The molecule has 3 aliphatic carbocycles. The van der Waals surface area contributed by atoms with Gasteiger partial charge in [0.05, 0.1) is 29.5 Å². The van der Waals surface area contributed by atoms with Crippen LogP contribution in [0, 0.1) is 11.8 Å².